The fourth-order valence-corrected chi connectivity index (χ4v) is 4.27. The molecule has 0 fully saturated rings. The molecule has 3 nitrogen and oxygen atoms in total. The van der Waals surface area contributed by atoms with E-state index in [2.05, 4.69) is 45.7 Å². The van der Waals surface area contributed by atoms with E-state index in [-0.39, 0.29) is 6.04 Å². The average Bonchev–Trinajstić information content (AvgIpc) is 2.97. The Morgan fingerprint density at radius 2 is 2.00 bits per heavy atom. The van der Waals surface area contributed by atoms with Gasteiger partial charge in [0, 0.05) is 10.4 Å². The van der Waals surface area contributed by atoms with Crippen molar-refractivity contribution in [3.05, 3.63) is 44.1 Å². The molecule has 0 aliphatic rings. The number of hydrogen-bond acceptors (Lipinski definition) is 4. The molecule has 1 N–H and O–H groups in total. The second-order valence-electron chi connectivity index (χ2n) is 4.59. The normalized spacial score (nSPS) is 12.2. The molecule has 0 aliphatic heterocycles. The van der Waals surface area contributed by atoms with Gasteiger partial charge in [-0.1, -0.05) is 6.92 Å². The van der Waals surface area contributed by atoms with Crippen molar-refractivity contribution in [2.75, 3.05) is 21.3 Å². The van der Waals surface area contributed by atoms with Crippen molar-refractivity contribution in [1.29, 1.82) is 0 Å². The summed E-state index contributed by atoms with van der Waals surface area (Å²) in [7, 11) is 5.32. The minimum Gasteiger partial charge on any atom is -0.495 e. The molecule has 2 rings (SSSR count). The van der Waals surface area contributed by atoms with Crippen molar-refractivity contribution in [1.82, 2.24) is 5.32 Å². The molecule has 1 aromatic carbocycles. The molecule has 114 valence electrons. The zero-order valence-corrected chi connectivity index (χ0v) is 15.1. The largest absolute Gasteiger partial charge is 0.495 e. The fraction of sp³-hybridized carbons (Fsp3) is 0.375. The average molecular weight is 370 g/mol. The summed E-state index contributed by atoms with van der Waals surface area (Å²) in [6.45, 7) is 2.18. The third kappa shape index (κ3) is 3.10. The van der Waals surface area contributed by atoms with Gasteiger partial charge in [0.25, 0.3) is 0 Å². The van der Waals surface area contributed by atoms with Gasteiger partial charge in [0.05, 0.1) is 20.3 Å². The maximum absolute atomic E-state index is 5.61. The summed E-state index contributed by atoms with van der Waals surface area (Å²) in [6, 6.07) is 6.32. The molecule has 0 spiro atoms. The first-order valence-corrected chi connectivity index (χ1v) is 8.49. The van der Waals surface area contributed by atoms with Gasteiger partial charge >= 0.3 is 0 Å². The first-order valence-electron chi connectivity index (χ1n) is 6.81. The predicted molar refractivity (Wildman–Crippen MR) is 91.8 cm³/mol. The van der Waals surface area contributed by atoms with Crippen molar-refractivity contribution in [2.24, 2.45) is 0 Å². The van der Waals surface area contributed by atoms with Gasteiger partial charge in [0.2, 0.25) is 0 Å². The van der Waals surface area contributed by atoms with E-state index in [0.29, 0.717) is 0 Å². The minimum atomic E-state index is 0.108. The van der Waals surface area contributed by atoms with Gasteiger partial charge in [-0.25, -0.2) is 0 Å². The molecule has 5 heteroatoms. The topological polar surface area (TPSA) is 30.5 Å². The molecule has 1 heterocycles. The van der Waals surface area contributed by atoms with E-state index in [9.17, 15) is 0 Å². The molecule has 0 saturated heterocycles. The Balaban J connectivity index is 2.55. The number of ether oxygens (including phenoxy) is 2. The first-order chi connectivity index (χ1) is 10.2. The van der Waals surface area contributed by atoms with Crippen molar-refractivity contribution < 1.29 is 9.47 Å². The third-order valence-electron chi connectivity index (χ3n) is 3.54. The summed E-state index contributed by atoms with van der Waals surface area (Å²) >= 11 is 5.35. The van der Waals surface area contributed by atoms with Gasteiger partial charge in [0.1, 0.15) is 16.0 Å². The molecular weight excluding hydrogens is 350 g/mol. The molecule has 21 heavy (non-hydrogen) atoms. The van der Waals surface area contributed by atoms with Crippen LogP contribution in [0, 0.1) is 0 Å². The molecule has 0 amide bonds. The lowest BCUT2D eigenvalue weighted by atomic mass is 10.0. The van der Waals surface area contributed by atoms with E-state index < -0.39 is 0 Å². The number of benzene rings is 1. The second-order valence-corrected chi connectivity index (χ2v) is 6.33. The number of aryl methyl sites for hydroxylation is 1. The number of methoxy groups -OCH3 is 2. The summed E-state index contributed by atoms with van der Waals surface area (Å²) in [5, 5.41) is 5.55. The molecule has 0 saturated carbocycles. The van der Waals surface area contributed by atoms with Crippen LogP contribution in [-0.4, -0.2) is 21.3 Å². The van der Waals surface area contributed by atoms with Gasteiger partial charge in [-0.3, -0.25) is 0 Å². The Labute approximate surface area is 138 Å². The highest BCUT2D eigenvalue weighted by molar-refractivity contribution is 9.10. The van der Waals surface area contributed by atoms with Crippen LogP contribution in [0.3, 0.4) is 0 Å². The zero-order valence-electron chi connectivity index (χ0n) is 12.7. The maximum Gasteiger partial charge on any atom is 0.141 e. The van der Waals surface area contributed by atoms with Crippen molar-refractivity contribution in [3.8, 4) is 11.5 Å². The van der Waals surface area contributed by atoms with Crippen LogP contribution in [0.15, 0.2) is 28.1 Å². The Morgan fingerprint density at radius 1 is 1.24 bits per heavy atom. The Kier molecular flexibility index (Phi) is 5.67. The molecule has 1 aromatic heterocycles. The number of nitrogens with one attached hydrogen (secondary N) is 1. The number of rotatable bonds is 6. The molecule has 0 aliphatic carbocycles. The van der Waals surface area contributed by atoms with Crippen LogP contribution in [0.2, 0.25) is 0 Å². The van der Waals surface area contributed by atoms with E-state index in [1.807, 2.05) is 13.1 Å². The van der Waals surface area contributed by atoms with E-state index in [1.165, 1.54) is 10.4 Å². The molecule has 0 bridgehead atoms. The standard InChI is InChI=1S/C16H20BrNO2S/c1-5-10-8-9-21-16(10)14(18-2)11-6-7-12(19-3)13(17)15(11)20-4/h6-9,14,18H,5H2,1-4H3. The minimum absolute atomic E-state index is 0.108. The van der Waals surface area contributed by atoms with E-state index >= 15 is 0 Å². The highest BCUT2D eigenvalue weighted by atomic mass is 79.9. The third-order valence-corrected chi connectivity index (χ3v) is 5.31. The van der Waals surface area contributed by atoms with E-state index in [4.69, 9.17) is 9.47 Å². The molecule has 1 unspecified atom stereocenters. The maximum atomic E-state index is 5.61. The van der Waals surface area contributed by atoms with Crippen LogP contribution in [-0.2, 0) is 6.42 Å². The summed E-state index contributed by atoms with van der Waals surface area (Å²) in [6.07, 6.45) is 1.02. The Bertz CT molecular complexity index is 612. The predicted octanol–water partition coefficient (Wildman–Crippen LogP) is 4.40. The quantitative estimate of drug-likeness (QED) is 0.818. The summed E-state index contributed by atoms with van der Waals surface area (Å²) < 4.78 is 11.8. The Hall–Kier alpha value is -1.04. The van der Waals surface area contributed by atoms with Gasteiger partial charge in [-0.15, -0.1) is 11.3 Å². The number of halogens is 1. The zero-order chi connectivity index (χ0) is 15.4. The lowest BCUT2D eigenvalue weighted by Crippen LogP contribution is -2.18. The number of thiophene rings is 1. The van der Waals surface area contributed by atoms with Crippen LogP contribution in [0.5, 0.6) is 11.5 Å². The van der Waals surface area contributed by atoms with Crippen molar-refractivity contribution in [3.63, 3.8) is 0 Å². The van der Waals surface area contributed by atoms with Crippen LogP contribution in [0.4, 0.5) is 0 Å². The smallest absolute Gasteiger partial charge is 0.141 e. The molecule has 0 radical (unpaired) electrons. The number of hydrogen-bond donors (Lipinski definition) is 1. The van der Waals surface area contributed by atoms with Crippen LogP contribution in [0.1, 0.15) is 29.0 Å². The SMILES string of the molecule is CCc1ccsc1C(NC)c1ccc(OC)c(Br)c1OC. The van der Waals surface area contributed by atoms with Crippen molar-refractivity contribution >= 4 is 27.3 Å². The first kappa shape index (κ1) is 16.3. The Morgan fingerprint density at radius 3 is 2.57 bits per heavy atom. The lowest BCUT2D eigenvalue weighted by Gasteiger charge is -2.21. The van der Waals surface area contributed by atoms with E-state index in [0.717, 1.165) is 28.0 Å². The summed E-state index contributed by atoms with van der Waals surface area (Å²) in [5.41, 5.74) is 2.47. The monoisotopic (exact) mass is 369 g/mol. The van der Waals surface area contributed by atoms with Crippen LogP contribution in [0.25, 0.3) is 0 Å². The van der Waals surface area contributed by atoms with Crippen LogP contribution >= 0.6 is 27.3 Å². The van der Waals surface area contributed by atoms with E-state index in [1.54, 1.807) is 25.6 Å². The van der Waals surface area contributed by atoms with Gasteiger partial charge < -0.3 is 14.8 Å². The van der Waals surface area contributed by atoms with Crippen molar-refractivity contribution in [2.45, 2.75) is 19.4 Å². The second kappa shape index (κ2) is 7.29. The highest BCUT2D eigenvalue weighted by Gasteiger charge is 2.23. The van der Waals surface area contributed by atoms with Gasteiger partial charge in [-0.05, 0) is 58.5 Å². The summed E-state index contributed by atoms with van der Waals surface area (Å²) in [5.74, 6) is 1.58. The molecule has 2 aromatic rings. The summed E-state index contributed by atoms with van der Waals surface area (Å²) in [4.78, 5) is 1.33. The van der Waals surface area contributed by atoms with Crippen LogP contribution < -0.4 is 14.8 Å². The van der Waals surface area contributed by atoms with Gasteiger partial charge in [-0.2, -0.15) is 0 Å². The highest BCUT2D eigenvalue weighted by Crippen LogP contribution is 2.42. The lowest BCUT2D eigenvalue weighted by molar-refractivity contribution is 0.383. The van der Waals surface area contributed by atoms with Gasteiger partial charge in [0.15, 0.2) is 0 Å². The molecule has 1 atom stereocenters. The molecular formula is C16H20BrNO2S. The fourth-order valence-electron chi connectivity index (χ4n) is 2.47.